The summed E-state index contributed by atoms with van der Waals surface area (Å²) in [6.07, 6.45) is 0. The number of nitrogens with zero attached hydrogens (tertiary/aromatic N) is 6. The van der Waals surface area contributed by atoms with E-state index in [4.69, 9.17) is 0 Å². The number of phenols is 4. The van der Waals surface area contributed by atoms with Crippen LogP contribution in [0.5, 0.6) is 23.0 Å². The third-order valence-electron chi connectivity index (χ3n) is 9.66. The van der Waals surface area contributed by atoms with Crippen LogP contribution in [0.15, 0.2) is 150 Å². The molecule has 0 radical (unpaired) electrons. The Balaban J connectivity index is 0.000000457. The Morgan fingerprint density at radius 1 is 0.394 bits per heavy atom. The smallest absolute Gasteiger partial charge is 0.506 e. The number of aromatic hydroxyl groups is 4. The number of non-ortho nitro benzene ring substituents is 2. The predicted octanol–water partition coefficient (Wildman–Crippen LogP) is -2.79. The molecule has 0 spiro atoms. The van der Waals surface area contributed by atoms with Crippen molar-refractivity contribution in [1.82, 2.24) is 0 Å². The van der Waals surface area contributed by atoms with E-state index in [0.29, 0.717) is 11.5 Å². The van der Waals surface area contributed by atoms with Crippen molar-refractivity contribution < 1.29 is 205 Å². The molecule has 8 aromatic rings. The summed E-state index contributed by atoms with van der Waals surface area (Å²) in [7, 11) is -14.2. The van der Waals surface area contributed by atoms with Gasteiger partial charge >= 0.3 is 118 Å². The van der Waals surface area contributed by atoms with Gasteiger partial charge in [-0.1, -0.05) is 42.5 Å². The van der Waals surface area contributed by atoms with E-state index in [1.54, 1.807) is 30.3 Å². The quantitative estimate of drug-likeness (QED) is 0.0253. The van der Waals surface area contributed by atoms with Crippen LogP contribution in [0.3, 0.4) is 0 Å². The Kier molecular flexibility index (Phi) is 22.3. The molecule has 71 heavy (non-hydrogen) atoms. The first-order valence-electron chi connectivity index (χ1n) is 18.0. The second-order valence-electron chi connectivity index (χ2n) is 13.8. The van der Waals surface area contributed by atoms with Gasteiger partial charge in [0.2, 0.25) is 0 Å². The van der Waals surface area contributed by atoms with Gasteiger partial charge in [-0.15, -0.1) is 20.5 Å². The van der Waals surface area contributed by atoms with Gasteiger partial charge < -0.3 is 20.4 Å². The summed E-state index contributed by atoms with van der Waals surface area (Å²) in [5, 5.41) is 80.5. The van der Waals surface area contributed by atoms with E-state index < -0.39 is 77.8 Å². The summed E-state index contributed by atoms with van der Waals surface area (Å²) in [6, 6.07) is 23.9. The Hall–Kier alpha value is -3.74. The van der Waals surface area contributed by atoms with Crippen molar-refractivity contribution in [3.05, 3.63) is 135 Å². The topological polar surface area (TPSA) is 380 Å². The molecular formula is C40H26CrN6Na4O17S3+4. The van der Waals surface area contributed by atoms with Crippen LogP contribution in [0.1, 0.15) is 0 Å². The molecule has 7 N–H and O–H groups in total. The minimum Gasteiger partial charge on any atom is -0.506 e. The molecule has 8 rings (SSSR count). The fourth-order valence-corrected chi connectivity index (χ4v) is 8.59. The van der Waals surface area contributed by atoms with Gasteiger partial charge in [0.15, 0.2) is 0 Å². The minimum absolute atomic E-state index is 0. The maximum Gasteiger partial charge on any atom is 1.00 e. The number of nitro groups is 2. The molecule has 0 amide bonds. The van der Waals surface area contributed by atoms with E-state index in [2.05, 4.69) is 20.5 Å². The molecule has 0 bridgehead atoms. The molecule has 0 fully saturated rings. The summed E-state index contributed by atoms with van der Waals surface area (Å²) in [6.45, 7) is 0. The van der Waals surface area contributed by atoms with Crippen molar-refractivity contribution >= 4 is 108 Å². The van der Waals surface area contributed by atoms with Crippen molar-refractivity contribution in [1.29, 1.82) is 0 Å². The van der Waals surface area contributed by atoms with Gasteiger partial charge in [0.25, 0.3) is 41.7 Å². The molecule has 0 aromatic heterocycles. The Morgan fingerprint density at radius 2 is 0.761 bits per heavy atom. The normalized spacial score (nSPS) is 11.4. The zero-order valence-corrected chi connectivity index (χ0v) is 48.7. The second kappa shape index (κ2) is 25.0. The maximum absolute atomic E-state index is 11.8. The van der Waals surface area contributed by atoms with Gasteiger partial charge in [0.05, 0.1) is 14.7 Å². The average Bonchev–Trinajstić information content (AvgIpc) is 3.25. The number of nitro benzene ring substituents is 2. The Labute approximate surface area is 499 Å². The van der Waals surface area contributed by atoms with Crippen molar-refractivity contribution in [3.8, 4) is 23.0 Å². The van der Waals surface area contributed by atoms with Crippen LogP contribution < -0.4 is 118 Å². The summed E-state index contributed by atoms with van der Waals surface area (Å²) < 4.78 is 98.1. The largest absolute Gasteiger partial charge is 1.00 e. The molecule has 0 atom stereocenters. The minimum atomic E-state index is -4.89. The number of phenolic OH excluding ortho intramolecular Hbond substituents is 4. The number of azo groups is 2. The number of hydrogen-bond acceptors (Lipinski definition) is 18. The summed E-state index contributed by atoms with van der Waals surface area (Å²) in [5.74, 6) is -1.92. The van der Waals surface area contributed by atoms with Crippen LogP contribution >= 0.6 is 0 Å². The van der Waals surface area contributed by atoms with E-state index >= 15 is 0 Å². The van der Waals surface area contributed by atoms with Crippen LogP contribution in [0.2, 0.25) is 0 Å². The third kappa shape index (κ3) is 13.9. The average molecular weight is 1100 g/mol. The number of fused-ring (bicyclic) bond motifs is 4. The SMILES string of the molecule is O=[N+]([O-])c1ccc2c(N=Nc3c(O)ccc4cc(S(=O)(=O)O)ccc34)c(O)cc(S(=O)(=O)O)c2c1.O=[N+]([O-])c1ccc2c(N=Nc3c(O)ccc4ccccc34)c(O)cc(S(=O)(=O)O)c2c1.[Cr].[Na+].[Na+].[Na+].[Na+]. The van der Waals surface area contributed by atoms with Crippen LogP contribution in [0, 0.1) is 20.2 Å². The Bertz CT molecular complexity index is 3840. The Morgan fingerprint density at radius 3 is 1.15 bits per heavy atom. The summed E-state index contributed by atoms with van der Waals surface area (Å²) in [5.41, 5.74) is -1.46. The van der Waals surface area contributed by atoms with Gasteiger partial charge in [0.1, 0.15) is 55.5 Å². The van der Waals surface area contributed by atoms with Crippen LogP contribution in [-0.2, 0) is 47.7 Å². The van der Waals surface area contributed by atoms with Crippen molar-refractivity contribution in [3.63, 3.8) is 0 Å². The summed E-state index contributed by atoms with van der Waals surface area (Å²) in [4.78, 5) is 18.8. The molecule has 0 aliphatic heterocycles. The molecule has 8 aromatic carbocycles. The maximum atomic E-state index is 11.8. The first-order valence-corrected chi connectivity index (χ1v) is 22.4. The molecule has 31 heteroatoms. The predicted molar refractivity (Wildman–Crippen MR) is 234 cm³/mol. The molecule has 342 valence electrons. The second-order valence-corrected chi connectivity index (χ2v) is 18.0. The van der Waals surface area contributed by atoms with Crippen molar-refractivity contribution in [2.24, 2.45) is 20.5 Å². The summed E-state index contributed by atoms with van der Waals surface area (Å²) >= 11 is 0. The fourth-order valence-electron chi connectivity index (χ4n) is 6.66. The zero-order valence-electron chi connectivity index (χ0n) is 37.0. The van der Waals surface area contributed by atoms with Crippen molar-refractivity contribution in [2.45, 2.75) is 14.7 Å². The van der Waals surface area contributed by atoms with Crippen molar-refractivity contribution in [2.75, 3.05) is 0 Å². The monoisotopic (exact) mass is 1100 g/mol. The molecule has 0 aliphatic rings. The number of hydrogen-bond donors (Lipinski definition) is 7. The fraction of sp³-hybridized carbons (Fsp3) is 0. The first-order chi connectivity index (χ1) is 30.9. The molecule has 0 aliphatic carbocycles. The van der Waals surface area contributed by atoms with E-state index in [-0.39, 0.29) is 202 Å². The van der Waals surface area contributed by atoms with E-state index in [0.717, 1.165) is 53.9 Å². The van der Waals surface area contributed by atoms with Gasteiger partial charge in [0, 0.05) is 86.1 Å². The van der Waals surface area contributed by atoms with E-state index in [1.165, 1.54) is 30.3 Å². The molecule has 0 saturated heterocycles. The molecule has 23 nitrogen and oxygen atoms in total. The number of benzene rings is 8. The van der Waals surface area contributed by atoms with Crippen LogP contribution in [0.25, 0.3) is 43.1 Å². The van der Waals surface area contributed by atoms with Crippen LogP contribution in [0.4, 0.5) is 34.1 Å². The van der Waals surface area contributed by atoms with Crippen LogP contribution in [-0.4, -0.2) is 69.2 Å². The third-order valence-corrected chi connectivity index (χ3v) is 12.3. The van der Waals surface area contributed by atoms with Gasteiger partial charge in [-0.05, 0) is 47.2 Å². The first kappa shape index (κ1) is 63.4. The number of rotatable bonds is 9. The zero-order chi connectivity index (χ0) is 48.0. The van der Waals surface area contributed by atoms with E-state index in [9.17, 15) is 79.6 Å². The van der Waals surface area contributed by atoms with E-state index in [1.807, 2.05) is 0 Å². The molecule has 0 heterocycles. The molecule has 0 saturated carbocycles. The van der Waals surface area contributed by atoms with Gasteiger partial charge in [-0.2, -0.15) is 25.3 Å². The molecular weight excluding hydrogens is 1080 g/mol. The molecule has 0 unspecified atom stereocenters. The van der Waals surface area contributed by atoms with Gasteiger partial charge in [-0.3, -0.25) is 33.9 Å². The van der Waals surface area contributed by atoms with Gasteiger partial charge in [-0.25, -0.2) is 0 Å². The standard InChI is InChI=1S/C20H13N3O10S2.C20H13N3O7S.Cr.4Na/c24-16-6-1-10-7-12(34(28,29)30)3-5-13(10)19(16)21-22-20-14-4-2-11(23(26)27)8-15(14)18(9-17(20)25)35(31,32)33;24-16-8-5-11-3-1-2-4-13(11)19(16)21-22-20-14-7-6-12(23(26)27)9-15(14)18(10-17(20)25)31(28,29)30;;;;;/h1-9,24-25H,(H,28,29,30)(H,31,32,33);1-10,24-25H,(H,28,29,30);;;;;/q;;;4*+1.